The maximum atomic E-state index is 13.6. The molecule has 1 fully saturated rings. The Labute approximate surface area is 122 Å². The Morgan fingerprint density at radius 1 is 1.38 bits per heavy atom. The SMILES string of the molecule is CN1CCCCC1CCOC(=O)c1cc(F)c(N)cc1F. The van der Waals surface area contributed by atoms with Crippen LogP contribution >= 0.6 is 0 Å². The standard InChI is InChI=1S/C15H20F2N2O2/c1-19-6-3-2-4-10(19)5-7-21-15(20)11-8-13(17)14(18)9-12(11)16/h8-10H,2-7,18H2,1H3. The number of carbonyl (C=O) groups excluding carboxylic acids is 1. The summed E-state index contributed by atoms with van der Waals surface area (Å²) in [5, 5.41) is 0. The van der Waals surface area contributed by atoms with Gasteiger partial charge >= 0.3 is 5.97 Å². The van der Waals surface area contributed by atoms with Crippen molar-refractivity contribution in [1.82, 2.24) is 4.90 Å². The number of hydrogen-bond donors (Lipinski definition) is 1. The summed E-state index contributed by atoms with van der Waals surface area (Å²) >= 11 is 0. The largest absolute Gasteiger partial charge is 0.462 e. The molecule has 1 aromatic rings. The first-order valence-corrected chi connectivity index (χ1v) is 7.11. The predicted molar refractivity (Wildman–Crippen MR) is 75.9 cm³/mol. The highest BCUT2D eigenvalue weighted by atomic mass is 19.1. The minimum Gasteiger partial charge on any atom is -0.462 e. The summed E-state index contributed by atoms with van der Waals surface area (Å²) < 4.78 is 31.9. The van der Waals surface area contributed by atoms with Crippen molar-refractivity contribution < 1.29 is 18.3 Å². The summed E-state index contributed by atoms with van der Waals surface area (Å²) in [6.07, 6.45) is 4.11. The monoisotopic (exact) mass is 298 g/mol. The third-order valence-electron chi connectivity index (χ3n) is 3.91. The lowest BCUT2D eigenvalue weighted by atomic mass is 10.0. The van der Waals surface area contributed by atoms with Crippen LogP contribution < -0.4 is 5.73 Å². The number of piperidine rings is 1. The normalized spacial score (nSPS) is 19.5. The van der Waals surface area contributed by atoms with E-state index in [0.29, 0.717) is 12.5 Å². The molecule has 4 nitrogen and oxygen atoms in total. The molecule has 0 saturated carbocycles. The molecule has 21 heavy (non-hydrogen) atoms. The number of hydrogen-bond acceptors (Lipinski definition) is 4. The number of likely N-dealkylation sites (tertiary alicyclic amines) is 1. The maximum Gasteiger partial charge on any atom is 0.341 e. The summed E-state index contributed by atoms with van der Waals surface area (Å²) in [4.78, 5) is 14.0. The highest BCUT2D eigenvalue weighted by Gasteiger charge is 2.20. The van der Waals surface area contributed by atoms with E-state index in [4.69, 9.17) is 10.5 Å². The van der Waals surface area contributed by atoms with E-state index in [9.17, 15) is 13.6 Å². The summed E-state index contributed by atoms with van der Waals surface area (Å²) in [6.45, 7) is 1.23. The second-order valence-corrected chi connectivity index (χ2v) is 5.41. The number of halogens is 2. The molecule has 1 unspecified atom stereocenters. The van der Waals surface area contributed by atoms with E-state index in [1.54, 1.807) is 0 Å². The van der Waals surface area contributed by atoms with Gasteiger partial charge in [-0.2, -0.15) is 0 Å². The van der Waals surface area contributed by atoms with Crippen LogP contribution in [-0.4, -0.2) is 37.1 Å². The summed E-state index contributed by atoms with van der Waals surface area (Å²) in [6, 6.07) is 1.94. The van der Waals surface area contributed by atoms with E-state index in [2.05, 4.69) is 4.90 Å². The van der Waals surface area contributed by atoms with Crippen LogP contribution in [0, 0.1) is 11.6 Å². The van der Waals surface area contributed by atoms with Crippen molar-refractivity contribution >= 4 is 11.7 Å². The quantitative estimate of drug-likeness (QED) is 0.685. The Balaban J connectivity index is 1.88. The van der Waals surface area contributed by atoms with Gasteiger partial charge in [-0.1, -0.05) is 6.42 Å². The molecule has 0 bridgehead atoms. The third kappa shape index (κ3) is 3.91. The van der Waals surface area contributed by atoms with Gasteiger partial charge in [0.2, 0.25) is 0 Å². The molecule has 1 heterocycles. The minimum absolute atomic E-state index is 0.194. The lowest BCUT2D eigenvalue weighted by Crippen LogP contribution is -2.37. The molecule has 0 aromatic heterocycles. The molecule has 2 rings (SSSR count). The van der Waals surface area contributed by atoms with Crippen LogP contribution in [0.4, 0.5) is 14.5 Å². The number of nitrogens with two attached hydrogens (primary N) is 1. The number of benzene rings is 1. The summed E-state index contributed by atoms with van der Waals surface area (Å²) in [5.74, 6) is -2.55. The molecule has 0 radical (unpaired) electrons. The topological polar surface area (TPSA) is 55.6 Å². The van der Waals surface area contributed by atoms with Gasteiger partial charge in [0.15, 0.2) is 0 Å². The summed E-state index contributed by atoms with van der Waals surface area (Å²) in [5.41, 5.74) is 4.49. The van der Waals surface area contributed by atoms with Crippen molar-refractivity contribution in [2.75, 3.05) is 25.9 Å². The molecule has 2 N–H and O–H groups in total. The number of carbonyl (C=O) groups is 1. The van der Waals surface area contributed by atoms with Crippen LogP contribution in [-0.2, 0) is 4.74 Å². The molecule has 1 aliphatic heterocycles. The maximum absolute atomic E-state index is 13.6. The third-order valence-corrected chi connectivity index (χ3v) is 3.91. The molecular weight excluding hydrogens is 278 g/mol. The molecule has 6 heteroatoms. The Kier molecular flexibility index (Phi) is 5.12. The summed E-state index contributed by atoms with van der Waals surface area (Å²) in [7, 11) is 2.04. The van der Waals surface area contributed by atoms with Gasteiger partial charge in [-0.3, -0.25) is 0 Å². The first kappa shape index (κ1) is 15.7. The second-order valence-electron chi connectivity index (χ2n) is 5.41. The fourth-order valence-corrected chi connectivity index (χ4v) is 2.59. The van der Waals surface area contributed by atoms with Gasteiger partial charge in [0, 0.05) is 12.1 Å². The van der Waals surface area contributed by atoms with Crippen LogP contribution in [0.15, 0.2) is 12.1 Å². The van der Waals surface area contributed by atoms with Crippen LogP contribution in [0.1, 0.15) is 36.0 Å². The lowest BCUT2D eigenvalue weighted by Gasteiger charge is -2.32. The van der Waals surface area contributed by atoms with E-state index >= 15 is 0 Å². The fraction of sp³-hybridized carbons (Fsp3) is 0.533. The van der Waals surface area contributed by atoms with Crippen LogP contribution in [0.2, 0.25) is 0 Å². The van der Waals surface area contributed by atoms with Gasteiger partial charge in [-0.25, -0.2) is 13.6 Å². The van der Waals surface area contributed by atoms with Gasteiger partial charge in [0.05, 0.1) is 17.9 Å². The molecule has 0 amide bonds. The average molecular weight is 298 g/mol. The number of anilines is 1. The van der Waals surface area contributed by atoms with E-state index < -0.39 is 23.2 Å². The van der Waals surface area contributed by atoms with Gasteiger partial charge in [-0.15, -0.1) is 0 Å². The van der Waals surface area contributed by atoms with Crippen LogP contribution in [0.3, 0.4) is 0 Å². The van der Waals surface area contributed by atoms with Crippen LogP contribution in [0.25, 0.3) is 0 Å². The van der Waals surface area contributed by atoms with Gasteiger partial charge in [-0.05, 0) is 38.9 Å². The van der Waals surface area contributed by atoms with E-state index in [-0.39, 0.29) is 12.3 Å². The van der Waals surface area contributed by atoms with Crippen molar-refractivity contribution in [2.24, 2.45) is 0 Å². The second kappa shape index (κ2) is 6.85. The van der Waals surface area contributed by atoms with Gasteiger partial charge < -0.3 is 15.4 Å². The zero-order valence-electron chi connectivity index (χ0n) is 12.1. The lowest BCUT2D eigenvalue weighted by molar-refractivity contribution is 0.0444. The molecular formula is C15H20F2N2O2. The Hall–Kier alpha value is -1.69. The van der Waals surface area contributed by atoms with Crippen LogP contribution in [0.5, 0.6) is 0 Å². The first-order chi connectivity index (χ1) is 9.99. The smallest absolute Gasteiger partial charge is 0.341 e. The molecule has 1 aliphatic rings. The van der Waals surface area contributed by atoms with Crippen molar-refractivity contribution in [2.45, 2.75) is 31.7 Å². The fourth-order valence-electron chi connectivity index (χ4n) is 2.59. The number of ether oxygens (including phenoxy) is 1. The Bertz CT molecular complexity index is 523. The molecule has 1 atom stereocenters. The van der Waals surface area contributed by atoms with Crippen molar-refractivity contribution in [3.63, 3.8) is 0 Å². The highest BCUT2D eigenvalue weighted by molar-refractivity contribution is 5.90. The molecule has 0 spiro atoms. The van der Waals surface area contributed by atoms with Crippen molar-refractivity contribution in [3.05, 3.63) is 29.3 Å². The zero-order chi connectivity index (χ0) is 15.4. The van der Waals surface area contributed by atoms with Gasteiger partial charge in [0.1, 0.15) is 11.6 Å². The average Bonchev–Trinajstić information content (AvgIpc) is 2.44. The van der Waals surface area contributed by atoms with E-state index in [0.717, 1.165) is 25.1 Å². The van der Waals surface area contributed by atoms with Gasteiger partial charge in [0.25, 0.3) is 0 Å². The van der Waals surface area contributed by atoms with E-state index in [1.165, 1.54) is 12.8 Å². The Morgan fingerprint density at radius 2 is 2.14 bits per heavy atom. The van der Waals surface area contributed by atoms with E-state index in [1.807, 2.05) is 7.05 Å². The molecule has 1 aromatic carbocycles. The number of rotatable bonds is 4. The zero-order valence-corrected chi connectivity index (χ0v) is 12.1. The number of esters is 1. The number of nitrogen functional groups attached to an aromatic ring is 1. The molecule has 116 valence electrons. The van der Waals surface area contributed by atoms with Crippen molar-refractivity contribution in [3.8, 4) is 0 Å². The minimum atomic E-state index is -0.867. The predicted octanol–water partition coefficient (Wildman–Crippen LogP) is 2.58. The molecule has 1 saturated heterocycles. The first-order valence-electron chi connectivity index (χ1n) is 7.11. The highest BCUT2D eigenvalue weighted by Crippen LogP contribution is 2.19. The number of nitrogens with zero attached hydrogens (tertiary/aromatic N) is 1. The Morgan fingerprint density at radius 3 is 2.86 bits per heavy atom. The molecule has 0 aliphatic carbocycles. The van der Waals surface area contributed by atoms with Crippen molar-refractivity contribution in [1.29, 1.82) is 0 Å².